The average molecular weight is 523 g/mol. The van der Waals surface area contributed by atoms with Gasteiger partial charge in [-0.2, -0.15) is 0 Å². The van der Waals surface area contributed by atoms with Crippen molar-refractivity contribution in [3.8, 4) is 22.6 Å². The standard InChI is InChI=1S/C36H42O3/c1-2-3-4-5-6-7-8-9-10-13-28-38-34-24-22-33(23-25-34)36(37)39-35-26-20-32(21-27-35)31-18-16-30(17-19-31)29-14-11-12-15-29/h11-12,14-27,29H,2-10,13,28H2,1H3. The number of rotatable bonds is 16. The van der Waals surface area contributed by atoms with E-state index >= 15 is 0 Å². The molecule has 3 nitrogen and oxygen atoms in total. The Morgan fingerprint density at radius 2 is 1.13 bits per heavy atom. The van der Waals surface area contributed by atoms with Crippen LogP contribution in [0.3, 0.4) is 0 Å². The fourth-order valence-electron chi connectivity index (χ4n) is 4.90. The van der Waals surface area contributed by atoms with Crippen LogP contribution < -0.4 is 9.47 Å². The van der Waals surface area contributed by atoms with Crippen molar-refractivity contribution in [3.05, 3.63) is 108 Å². The van der Waals surface area contributed by atoms with Gasteiger partial charge in [-0.15, -0.1) is 0 Å². The second kappa shape index (κ2) is 15.7. The van der Waals surface area contributed by atoms with Gasteiger partial charge in [-0.25, -0.2) is 4.79 Å². The van der Waals surface area contributed by atoms with Crippen LogP contribution in [0.15, 0.2) is 97.1 Å². The van der Waals surface area contributed by atoms with Gasteiger partial charge in [0.25, 0.3) is 0 Å². The SMILES string of the molecule is CCCCCCCCCCCCOc1ccc(C(=O)Oc2ccc(-c3ccc(C4C=CC=C4)cc3)cc2)cc1. The lowest BCUT2D eigenvalue weighted by Gasteiger charge is -2.09. The largest absolute Gasteiger partial charge is 0.494 e. The summed E-state index contributed by atoms with van der Waals surface area (Å²) in [6.45, 7) is 2.98. The molecule has 3 aromatic rings. The van der Waals surface area contributed by atoms with Crippen molar-refractivity contribution in [1.29, 1.82) is 0 Å². The quantitative estimate of drug-likeness (QED) is 0.107. The zero-order valence-electron chi connectivity index (χ0n) is 23.3. The predicted octanol–water partition coefficient (Wildman–Crippen LogP) is 10.1. The molecule has 0 amide bonds. The van der Waals surface area contributed by atoms with Crippen molar-refractivity contribution in [3.63, 3.8) is 0 Å². The Balaban J connectivity index is 1.15. The Hall–Kier alpha value is -3.59. The van der Waals surface area contributed by atoms with Gasteiger partial charge in [0.2, 0.25) is 0 Å². The summed E-state index contributed by atoms with van der Waals surface area (Å²) in [5, 5.41) is 0. The Morgan fingerprint density at radius 1 is 0.615 bits per heavy atom. The molecule has 0 unspecified atom stereocenters. The summed E-state index contributed by atoms with van der Waals surface area (Å²) in [5.74, 6) is 1.32. The molecule has 0 N–H and O–H groups in total. The van der Waals surface area contributed by atoms with Crippen molar-refractivity contribution < 1.29 is 14.3 Å². The van der Waals surface area contributed by atoms with Gasteiger partial charge < -0.3 is 9.47 Å². The summed E-state index contributed by atoms with van der Waals surface area (Å²) < 4.78 is 11.5. The van der Waals surface area contributed by atoms with E-state index in [1.807, 2.05) is 36.4 Å². The summed E-state index contributed by atoms with van der Waals surface area (Å²) >= 11 is 0. The van der Waals surface area contributed by atoms with Gasteiger partial charge in [0.05, 0.1) is 12.2 Å². The number of esters is 1. The number of carbonyl (C=O) groups is 1. The van der Waals surface area contributed by atoms with E-state index < -0.39 is 0 Å². The molecule has 0 atom stereocenters. The number of benzene rings is 3. The van der Waals surface area contributed by atoms with Crippen LogP contribution in [0.4, 0.5) is 0 Å². The molecule has 1 aliphatic carbocycles. The highest BCUT2D eigenvalue weighted by atomic mass is 16.5. The van der Waals surface area contributed by atoms with Gasteiger partial charge in [-0.3, -0.25) is 0 Å². The monoisotopic (exact) mass is 522 g/mol. The molecule has 0 saturated heterocycles. The highest BCUT2D eigenvalue weighted by Gasteiger charge is 2.10. The molecule has 0 aliphatic heterocycles. The molecule has 0 saturated carbocycles. The Labute approximate surface area is 234 Å². The molecule has 3 aromatic carbocycles. The van der Waals surface area contributed by atoms with Crippen LogP contribution >= 0.6 is 0 Å². The van der Waals surface area contributed by atoms with E-state index in [0.29, 0.717) is 23.8 Å². The molecule has 0 radical (unpaired) electrons. The van der Waals surface area contributed by atoms with Crippen molar-refractivity contribution >= 4 is 5.97 Å². The molecular weight excluding hydrogens is 480 g/mol. The maximum atomic E-state index is 12.6. The average Bonchev–Trinajstić information content (AvgIpc) is 3.52. The van der Waals surface area contributed by atoms with Crippen molar-refractivity contribution in [2.75, 3.05) is 6.61 Å². The van der Waals surface area contributed by atoms with E-state index in [4.69, 9.17) is 9.47 Å². The van der Waals surface area contributed by atoms with Crippen LogP contribution in [0.2, 0.25) is 0 Å². The Morgan fingerprint density at radius 3 is 1.72 bits per heavy atom. The van der Waals surface area contributed by atoms with Gasteiger partial charge in [0.1, 0.15) is 11.5 Å². The van der Waals surface area contributed by atoms with E-state index in [2.05, 4.69) is 55.5 Å². The molecule has 0 aromatic heterocycles. The van der Waals surface area contributed by atoms with Crippen LogP contribution in [-0.2, 0) is 0 Å². The smallest absolute Gasteiger partial charge is 0.343 e. The normalized spacial score (nSPS) is 12.6. The lowest BCUT2D eigenvalue weighted by Crippen LogP contribution is -2.08. The molecule has 0 fully saturated rings. The minimum Gasteiger partial charge on any atom is -0.494 e. The third-order valence-corrected chi connectivity index (χ3v) is 7.30. The molecule has 204 valence electrons. The van der Waals surface area contributed by atoms with Gasteiger partial charge in [-0.05, 0) is 59.5 Å². The lowest BCUT2D eigenvalue weighted by atomic mass is 9.97. The number of hydrogen-bond acceptors (Lipinski definition) is 3. The molecule has 4 rings (SSSR count). The number of unbranched alkanes of at least 4 members (excludes halogenated alkanes) is 9. The third kappa shape index (κ3) is 9.28. The minimum absolute atomic E-state index is 0.367. The topological polar surface area (TPSA) is 35.5 Å². The van der Waals surface area contributed by atoms with Crippen LogP contribution in [0, 0.1) is 0 Å². The maximum absolute atomic E-state index is 12.6. The van der Waals surface area contributed by atoms with E-state index in [-0.39, 0.29) is 5.97 Å². The van der Waals surface area contributed by atoms with Crippen molar-refractivity contribution in [2.45, 2.75) is 77.0 Å². The summed E-state index contributed by atoms with van der Waals surface area (Å²) in [6, 6.07) is 23.5. The summed E-state index contributed by atoms with van der Waals surface area (Å²) in [5.41, 5.74) is 4.01. The van der Waals surface area contributed by atoms with Gasteiger partial charge in [-0.1, -0.05) is 125 Å². The first-order valence-electron chi connectivity index (χ1n) is 14.7. The predicted molar refractivity (Wildman–Crippen MR) is 162 cm³/mol. The molecule has 3 heteroatoms. The minimum atomic E-state index is -0.369. The molecule has 0 spiro atoms. The highest BCUT2D eigenvalue weighted by molar-refractivity contribution is 5.91. The number of ether oxygens (including phenoxy) is 2. The molecule has 0 bridgehead atoms. The first-order valence-corrected chi connectivity index (χ1v) is 14.7. The second-order valence-corrected chi connectivity index (χ2v) is 10.4. The molecule has 39 heavy (non-hydrogen) atoms. The first-order chi connectivity index (χ1) is 19.2. The van der Waals surface area contributed by atoms with Crippen LogP contribution in [0.25, 0.3) is 11.1 Å². The third-order valence-electron chi connectivity index (χ3n) is 7.30. The summed E-state index contributed by atoms with van der Waals surface area (Å²) in [4.78, 5) is 12.6. The zero-order chi connectivity index (χ0) is 27.1. The molecule has 0 heterocycles. The van der Waals surface area contributed by atoms with E-state index in [9.17, 15) is 4.79 Å². The molecular formula is C36H42O3. The van der Waals surface area contributed by atoms with Crippen LogP contribution in [-0.4, -0.2) is 12.6 Å². The summed E-state index contributed by atoms with van der Waals surface area (Å²) in [6.07, 6.45) is 21.6. The Bertz CT molecular complexity index is 1180. The zero-order valence-corrected chi connectivity index (χ0v) is 23.3. The molecule has 1 aliphatic rings. The fourth-order valence-corrected chi connectivity index (χ4v) is 4.90. The number of carbonyl (C=O) groups excluding carboxylic acids is 1. The highest BCUT2D eigenvalue weighted by Crippen LogP contribution is 2.28. The van der Waals surface area contributed by atoms with Crippen molar-refractivity contribution in [2.24, 2.45) is 0 Å². The first kappa shape index (κ1) is 28.4. The number of allylic oxidation sites excluding steroid dienone is 4. The van der Waals surface area contributed by atoms with Crippen LogP contribution in [0.5, 0.6) is 11.5 Å². The van der Waals surface area contributed by atoms with Gasteiger partial charge >= 0.3 is 5.97 Å². The summed E-state index contributed by atoms with van der Waals surface area (Å²) in [7, 11) is 0. The van der Waals surface area contributed by atoms with Gasteiger partial charge in [0, 0.05) is 5.92 Å². The van der Waals surface area contributed by atoms with Crippen LogP contribution in [0.1, 0.15) is 93.0 Å². The van der Waals surface area contributed by atoms with E-state index in [1.165, 1.54) is 63.4 Å². The van der Waals surface area contributed by atoms with E-state index in [0.717, 1.165) is 23.3 Å². The fraction of sp³-hybridized carbons (Fsp3) is 0.361. The number of hydrogen-bond donors (Lipinski definition) is 0. The lowest BCUT2D eigenvalue weighted by molar-refractivity contribution is 0.0734. The van der Waals surface area contributed by atoms with Gasteiger partial charge in [0.15, 0.2) is 0 Å². The van der Waals surface area contributed by atoms with Crippen molar-refractivity contribution in [1.82, 2.24) is 0 Å². The maximum Gasteiger partial charge on any atom is 0.343 e. The Kier molecular flexibility index (Phi) is 11.5. The second-order valence-electron chi connectivity index (χ2n) is 10.4. The van der Waals surface area contributed by atoms with E-state index in [1.54, 1.807) is 12.1 Å².